The molecule has 0 spiro atoms. The highest BCUT2D eigenvalue weighted by Crippen LogP contribution is 2.37. The molecule has 37 heavy (non-hydrogen) atoms. The first-order chi connectivity index (χ1) is 17.5. The number of aryl methyl sites for hydroxylation is 2. The third-order valence-corrected chi connectivity index (χ3v) is 7.07. The van der Waals surface area contributed by atoms with Crippen LogP contribution in [-0.4, -0.2) is 55.3 Å². The smallest absolute Gasteiger partial charge is 0.431 e. The van der Waals surface area contributed by atoms with Crippen LogP contribution >= 0.6 is 0 Å². The fourth-order valence-corrected chi connectivity index (χ4v) is 5.28. The molecule has 0 bridgehead atoms. The van der Waals surface area contributed by atoms with Gasteiger partial charge in [0.2, 0.25) is 0 Å². The first-order valence-electron chi connectivity index (χ1n) is 12.3. The summed E-state index contributed by atoms with van der Waals surface area (Å²) in [5.41, 5.74) is 2.98. The Balaban J connectivity index is 1.41. The predicted octanol–water partition coefficient (Wildman–Crippen LogP) is 5.58. The molecule has 2 aliphatic heterocycles. The van der Waals surface area contributed by atoms with Crippen LogP contribution in [0.5, 0.6) is 11.5 Å². The number of benzene rings is 2. The van der Waals surface area contributed by atoms with Crippen molar-refractivity contribution in [1.29, 1.82) is 0 Å². The average molecular weight is 520 g/mol. The van der Waals surface area contributed by atoms with Gasteiger partial charge in [-0.05, 0) is 61.4 Å². The molecule has 7 nitrogen and oxygen atoms in total. The number of carbonyl (C=O) groups is 1. The number of hydrogen-bond acceptors (Lipinski definition) is 6. The minimum absolute atomic E-state index is 0.0161. The number of halogens is 3. The number of anilines is 2. The molecule has 1 fully saturated rings. The van der Waals surface area contributed by atoms with E-state index in [2.05, 4.69) is 23.8 Å². The van der Waals surface area contributed by atoms with Crippen molar-refractivity contribution in [3.05, 3.63) is 47.5 Å². The summed E-state index contributed by atoms with van der Waals surface area (Å²) < 4.78 is 51.8. The van der Waals surface area contributed by atoms with Gasteiger partial charge < -0.3 is 19.5 Å². The van der Waals surface area contributed by atoms with Gasteiger partial charge in [0.15, 0.2) is 0 Å². The average Bonchev–Trinajstić information content (AvgIpc) is 3.16. The lowest BCUT2D eigenvalue weighted by Gasteiger charge is -2.35. The number of carboxylic acid groups (broad SMARTS) is 1. The molecule has 2 heterocycles. The molecular weight excluding hydrogens is 487 g/mol. The molecule has 0 radical (unpaired) electrons. The molecule has 2 aromatic rings. The summed E-state index contributed by atoms with van der Waals surface area (Å²) in [7, 11) is 1.66. The predicted molar refractivity (Wildman–Crippen MR) is 136 cm³/mol. The SMILES string of the molecule is COc1cc(C)c(N2CCC(Oc3ccc(N4N=C(C(F)(F)F)[C@@H](C)[C@@H]4CC(=O)O)cc3)CC2)c(C)c1. The van der Waals surface area contributed by atoms with Gasteiger partial charge in [0.25, 0.3) is 0 Å². The second-order valence-electron chi connectivity index (χ2n) is 9.69. The van der Waals surface area contributed by atoms with E-state index in [9.17, 15) is 23.1 Å². The lowest BCUT2D eigenvalue weighted by molar-refractivity contribution is -0.137. The molecule has 1 N–H and O–H groups in total. The van der Waals surface area contributed by atoms with Gasteiger partial charge >= 0.3 is 12.1 Å². The highest BCUT2D eigenvalue weighted by atomic mass is 19.4. The summed E-state index contributed by atoms with van der Waals surface area (Å²) in [6.07, 6.45) is -3.39. The molecule has 2 aromatic carbocycles. The van der Waals surface area contributed by atoms with E-state index in [0.29, 0.717) is 11.4 Å². The van der Waals surface area contributed by atoms with Crippen LogP contribution in [-0.2, 0) is 4.79 Å². The van der Waals surface area contributed by atoms with Crippen molar-refractivity contribution in [3.63, 3.8) is 0 Å². The maximum atomic E-state index is 13.4. The Morgan fingerprint density at radius 2 is 1.68 bits per heavy atom. The van der Waals surface area contributed by atoms with Crippen LogP contribution in [0.1, 0.15) is 37.3 Å². The van der Waals surface area contributed by atoms with Gasteiger partial charge in [-0.25, -0.2) is 0 Å². The number of nitrogens with zero attached hydrogens (tertiary/aromatic N) is 3. The highest BCUT2D eigenvalue weighted by Gasteiger charge is 2.48. The number of rotatable bonds is 7. The van der Waals surface area contributed by atoms with Gasteiger partial charge in [-0.1, -0.05) is 6.92 Å². The van der Waals surface area contributed by atoms with Crippen molar-refractivity contribution in [3.8, 4) is 11.5 Å². The van der Waals surface area contributed by atoms with Gasteiger partial charge in [0, 0.05) is 37.5 Å². The standard InChI is InChI=1S/C27H32F3N3O4/c1-16-13-22(36-4)14-17(2)25(16)32-11-9-21(10-12-32)37-20-7-5-19(6-8-20)33-23(15-24(34)35)18(3)26(31-33)27(28,29)30/h5-8,13-14,18,21,23H,9-12,15H2,1-4H3,(H,34,35)/t18-,23-/m0/s1. The molecule has 0 amide bonds. The zero-order valence-corrected chi connectivity index (χ0v) is 21.4. The summed E-state index contributed by atoms with van der Waals surface area (Å²) in [5, 5.41) is 14.2. The Bertz CT molecular complexity index is 1140. The van der Waals surface area contributed by atoms with E-state index in [-0.39, 0.29) is 6.10 Å². The molecule has 0 aliphatic carbocycles. The topological polar surface area (TPSA) is 74.6 Å². The van der Waals surface area contributed by atoms with Crippen molar-refractivity contribution in [2.24, 2.45) is 11.0 Å². The van der Waals surface area contributed by atoms with Crippen LogP contribution in [0.15, 0.2) is 41.5 Å². The normalized spacial score (nSPS) is 20.7. The Kier molecular flexibility index (Phi) is 7.57. The summed E-state index contributed by atoms with van der Waals surface area (Å²) >= 11 is 0. The number of hydrazone groups is 1. The van der Waals surface area contributed by atoms with Crippen LogP contribution < -0.4 is 19.4 Å². The van der Waals surface area contributed by atoms with E-state index in [0.717, 1.165) is 31.7 Å². The monoisotopic (exact) mass is 519 g/mol. The minimum Gasteiger partial charge on any atom is -0.497 e. The van der Waals surface area contributed by atoms with Gasteiger partial charge in [-0.3, -0.25) is 9.80 Å². The molecule has 0 saturated carbocycles. The van der Waals surface area contributed by atoms with Crippen molar-refractivity contribution in [2.45, 2.75) is 58.4 Å². The maximum Gasteiger partial charge on any atom is 0.431 e. The maximum absolute atomic E-state index is 13.4. The molecule has 2 aliphatic rings. The summed E-state index contributed by atoms with van der Waals surface area (Å²) in [5.74, 6) is -0.776. The molecule has 2 atom stereocenters. The number of methoxy groups -OCH3 is 1. The van der Waals surface area contributed by atoms with Crippen LogP contribution in [0.25, 0.3) is 0 Å². The van der Waals surface area contributed by atoms with Crippen molar-refractivity contribution >= 4 is 23.1 Å². The van der Waals surface area contributed by atoms with E-state index in [1.807, 2.05) is 12.1 Å². The van der Waals surface area contributed by atoms with Crippen LogP contribution in [0.2, 0.25) is 0 Å². The fourth-order valence-electron chi connectivity index (χ4n) is 5.28. The van der Waals surface area contributed by atoms with Gasteiger partial charge in [-0.15, -0.1) is 0 Å². The van der Waals surface area contributed by atoms with Gasteiger partial charge in [0.05, 0.1) is 25.3 Å². The third kappa shape index (κ3) is 5.78. The van der Waals surface area contributed by atoms with Gasteiger partial charge in [-0.2, -0.15) is 18.3 Å². The minimum atomic E-state index is -4.62. The van der Waals surface area contributed by atoms with E-state index in [4.69, 9.17) is 9.47 Å². The Morgan fingerprint density at radius 1 is 1.08 bits per heavy atom. The zero-order valence-electron chi connectivity index (χ0n) is 21.4. The quantitative estimate of drug-likeness (QED) is 0.515. The number of alkyl halides is 3. The molecule has 4 rings (SSSR count). The summed E-state index contributed by atoms with van der Waals surface area (Å²) in [4.78, 5) is 13.7. The molecule has 1 saturated heterocycles. The number of carboxylic acids is 1. The molecular formula is C27H32F3N3O4. The third-order valence-electron chi connectivity index (χ3n) is 7.07. The molecule has 0 aromatic heterocycles. The van der Waals surface area contributed by atoms with Crippen molar-refractivity contribution in [1.82, 2.24) is 0 Å². The molecule has 0 unspecified atom stereocenters. The number of aliphatic carboxylic acids is 1. The number of hydrogen-bond donors (Lipinski definition) is 1. The fraction of sp³-hybridized carbons (Fsp3) is 0.481. The second kappa shape index (κ2) is 10.5. The van der Waals surface area contributed by atoms with E-state index < -0.39 is 36.2 Å². The summed E-state index contributed by atoms with van der Waals surface area (Å²) in [6.45, 7) is 7.21. The molecule has 200 valence electrons. The highest BCUT2D eigenvalue weighted by molar-refractivity contribution is 5.96. The Labute approximate surface area is 214 Å². The first kappa shape index (κ1) is 26.6. The van der Waals surface area contributed by atoms with Crippen LogP contribution in [0.3, 0.4) is 0 Å². The summed E-state index contributed by atoms with van der Waals surface area (Å²) in [6, 6.07) is 9.80. The number of piperidine rings is 1. The Hall–Kier alpha value is -3.43. The van der Waals surface area contributed by atoms with Crippen LogP contribution in [0.4, 0.5) is 24.5 Å². The largest absolute Gasteiger partial charge is 0.497 e. The zero-order chi connectivity index (χ0) is 26.9. The van der Waals surface area contributed by atoms with Crippen molar-refractivity contribution in [2.75, 3.05) is 30.1 Å². The van der Waals surface area contributed by atoms with E-state index >= 15 is 0 Å². The van der Waals surface area contributed by atoms with E-state index in [1.54, 1.807) is 31.4 Å². The number of ether oxygens (including phenoxy) is 2. The van der Waals surface area contributed by atoms with Gasteiger partial charge in [0.1, 0.15) is 23.3 Å². The lowest BCUT2D eigenvalue weighted by Crippen LogP contribution is -2.39. The lowest BCUT2D eigenvalue weighted by atomic mass is 9.94. The Morgan fingerprint density at radius 3 is 2.19 bits per heavy atom. The van der Waals surface area contributed by atoms with Crippen molar-refractivity contribution < 1.29 is 32.5 Å². The second-order valence-corrected chi connectivity index (χ2v) is 9.69. The first-order valence-corrected chi connectivity index (χ1v) is 12.3. The van der Waals surface area contributed by atoms with Crippen LogP contribution in [0, 0.1) is 19.8 Å². The van der Waals surface area contributed by atoms with E-state index in [1.165, 1.54) is 28.7 Å². The molecule has 10 heteroatoms.